The van der Waals surface area contributed by atoms with Crippen LogP contribution in [-0.2, 0) is 11.3 Å². The summed E-state index contributed by atoms with van der Waals surface area (Å²) in [7, 11) is 0. The van der Waals surface area contributed by atoms with Crippen LogP contribution in [0.15, 0.2) is 11.4 Å². The Morgan fingerprint density at radius 3 is 3.11 bits per heavy atom. The lowest BCUT2D eigenvalue weighted by atomic mass is 10.1. The zero-order valence-corrected chi connectivity index (χ0v) is 10.7. The first-order valence-electron chi connectivity index (χ1n) is 6.01. The van der Waals surface area contributed by atoms with Gasteiger partial charge in [-0.2, -0.15) is 0 Å². The van der Waals surface area contributed by atoms with Crippen LogP contribution in [0.5, 0.6) is 0 Å². The molecular weight excluding hydrogens is 248 g/mol. The summed E-state index contributed by atoms with van der Waals surface area (Å²) >= 11 is 1.54. The number of anilines is 1. The Labute approximate surface area is 109 Å². The van der Waals surface area contributed by atoms with E-state index in [0.29, 0.717) is 24.6 Å². The summed E-state index contributed by atoms with van der Waals surface area (Å²) in [6.07, 6.45) is 2.68. The topological polar surface area (TPSA) is 72.1 Å². The second kappa shape index (κ2) is 4.53. The smallest absolute Gasteiger partial charge is 0.222 e. The largest absolute Gasteiger partial charge is 0.383 e. The highest BCUT2D eigenvalue weighted by Gasteiger charge is 2.19. The Hall–Kier alpha value is -1.69. The molecule has 1 amide bonds. The minimum atomic E-state index is 0.190. The lowest BCUT2D eigenvalue weighted by Gasteiger charge is -2.25. The fourth-order valence-electron chi connectivity index (χ4n) is 2.19. The van der Waals surface area contributed by atoms with Crippen LogP contribution in [0.1, 0.15) is 25.1 Å². The van der Waals surface area contributed by atoms with Gasteiger partial charge < -0.3 is 10.6 Å². The predicted octanol–water partition coefficient (Wildman–Crippen LogP) is 1.79. The van der Waals surface area contributed by atoms with E-state index in [9.17, 15) is 4.79 Å². The molecule has 0 atom stereocenters. The molecule has 0 unspecified atom stereocenters. The number of hydrogen-bond donors (Lipinski definition) is 1. The molecule has 1 aliphatic rings. The first-order valence-corrected chi connectivity index (χ1v) is 6.89. The molecule has 6 heteroatoms. The molecule has 1 aliphatic heterocycles. The molecule has 94 valence electrons. The lowest BCUT2D eigenvalue weighted by Crippen LogP contribution is -2.35. The summed E-state index contributed by atoms with van der Waals surface area (Å²) in [5, 5.41) is 2.85. The predicted molar refractivity (Wildman–Crippen MR) is 71.1 cm³/mol. The van der Waals surface area contributed by atoms with E-state index in [2.05, 4.69) is 9.97 Å². The maximum atomic E-state index is 11.7. The zero-order chi connectivity index (χ0) is 12.5. The highest BCUT2D eigenvalue weighted by molar-refractivity contribution is 7.16. The minimum Gasteiger partial charge on any atom is -0.383 e. The van der Waals surface area contributed by atoms with E-state index in [1.54, 1.807) is 11.3 Å². The number of thiophene rings is 1. The van der Waals surface area contributed by atoms with Gasteiger partial charge in [0.15, 0.2) is 5.82 Å². The third kappa shape index (κ3) is 2.03. The van der Waals surface area contributed by atoms with Crippen LogP contribution >= 0.6 is 11.3 Å². The number of likely N-dealkylation sites (tertiary alicyclic amines) is 1. The molecule has 3 heterocycles. The standard InChI is InChI=1S/C12H14N4OS/c13-11-8-4-6-18-12(8)15-9(14-11)7-16-5-2-1-3-10(16)17/h4,6H,1-3,5,7H2,(H2,13,14,15). The number of nitrogens with two attached hydrogens (primary N) is 1. The van der Waals surface area contributed by atoms with Gasteiger partial charge in [-0.15, -0.1) is 11.3 Å². The Balaban J connectivity index is 1.87. The van der Waals surface area contributed by atoms with Crippen LogP contribution in [0.3, 0.4) is 0 Å². The summed E-state index contributed by atoms with van der Waals surface area (Å²) in [6, 6.07) is 1.92. The Kier molecular flexibility index (Phi) is 2.87. The molecule has 0 spiro atoms. The average Bonchev–Trinajstić information content (AvgIpc) is 2.81. The monoisotopic (exact) mass is 262 g/mol. The van der Waals surface area contributed by atoms with Crippen LogP contribution in [0.25, 0.3) is 10.2 Å². The number of nitrogens with zero attached hydrogens (tertiary/aromatic N) is 3. The van der Waals surface area contributed by atoms with Gasteiger partial charge in [0.1, 0.15) is 10.6 Å². The zero-order valence-electron chi connectivity index (χ0n) is 9.93. The number of piperidine rings is 1. The van der Waals surface area contributed by atoms with E-state index in [1.807, 2.05) is 16.3 Å². The van der Waals surface area contributed by atoms with Crippen molar-refractivity contribution < 1.29 is 4.79 Å². The van der Waals surface area contributed by atoms with Crippen LogP contribution in [0, 0.1) is 0 Å². The maximum absolute atomic E-state index is 11.7. The quantitative estimate of drug-likeness (QED) is 0.895. The first kappa shape index (κ1) is 11.4. The average molecular weight is 262 g/mol. The normalized spacial score (nSPS) is 16.4. The molecule has 0 saturated carbocycles. The minimum absolute atomic E-state index is 0.190. The summed E-state index contributed by atoms with van der Waals surface area (Å²) in [4.78, 5) is 23.2. The van der Waals surface area contributed by atoms with Gasteiger partial charge in [-0.25, -0.2) is 9.97 Å². The molecule has 3 rings (SSSR count). The molecule has 5 nitrogen and oxygen atoms in total. The van der Waals surface area contributed by atoms with E-state index in [1.165, 1.54) is 0 Å². The number of carbonyl (C=O) groups is 1. The van der Waals surface area contributed by atoms with Crippen molar-refractivity contribution in [3.05, 3.63) is 17.3 Å². The third-order valence-electron chi connectivity index (χ3n) is 3.15. The van der Waals surface area contributed by atoms with Gasteiger partial charge in [0.05, 0.1) is 11.9 Å². The second-order valence-corrected chi connectivity index (χ2v) is 5.33. The summed E-state index contributed by atoms with van der Waals surface area (Å²) in [6.45, 7) is 1.27. The molecule has 0 bridgehead atoms. The SMILES string of the molecule is Nc1nc(CN2CCCCC2=O)nc2sccc12. The van der Waals surface area contributed by atoms with E-state index in [0.717, 1.165) is 29.6 Å². The van der Waals surface area contributed by atoms with Crippen LogP contribution < -0.4 is 5.73 Å². The molecule has 2 aromatic heterocycles. The summed E-state index contributed by atoms with van der Waals surface area (Å²) < 4.78 is 0. The molecule has 0 radical (unpaired) electrons. The van der Waals surface area contributed by atoms with Crippen LogP contribution in [0.2, 0.25) is 0 Å². The highest BCUT2D eigenvalue weighted by atomic mass is 32.1. The molecule has 0 aromatic carbocycles. The molecule has 1 saturated heterocycles. The van der Waals surface area contributed by atoms with E-state index >= 15 is 0 Å². The lowest BCUT2D eigenvalue weighted by molar-refractivity contribution is -0.134. The van der Waals surface area contributed by atoms with Gasteiger partial charge in [-0.05, 0) is 24.3 Å². The van der Waals surface area contributed by atoms with Gasteiger partial charge in [0.2, 0.25) is 5.91 Å². The second-order valence-electron chi connectivity index (χ2n) is 4.44. The number of nitrogen functional groups attached to an aromatic ring is 1. The number of aromatic nitrogens is 2. The highest BCUT2D eigenvalue weighted by Crippen LogP contribution is 2.23. The van der Waals surface area contributed by atoms with Gasteiger partial charge >= 0.3 is 0 Å². The van der Waals surface area contributed by atoms with Gasteiger partial charge in [-0.1, -0.05) is 0 Å². The van der Waals surface area contributed by atoms with Crippen molar-refractivity contribution >= 4 is 33.3 Å². The van der Waals surface area contributed by atoms with Crippen molar-refractivity contribution in [1.29, 1.82) is 0 Å². The Morgan fingerprint density at radius 1 is 1.39 bits per heavy atom. The molecule has 2 aromatic rings. The molecule has 1 fully saturated rings. The molecular formula is C12H14N4OS. The maximum Gasteiger partial charge on any atom is 0.222 e. The van der Waals surface area contributed by atoms with Crippen LogP contribution in [0.4, 0.5) is 5.82 Å². The van der Waals surface area contributed by atoms with Gasteiger partial charge in [0.25, 0.3) is 0 Å². The van der Waals surface area contributed by atoms with Gasteiger partial charge in [-0.3, -0.25) is 4.79 Å². The fraction of sp³-hybridized carbons (Fsp3) is 0.417. The Bertz CT molecular complexity index is 595. The Morgan fingerprint density at radius 2 is 2.28 bits per heavy atom. The van der Waals surface area contributed by atoms with Crippen molar-refractivity contribution in [2.24, 2.45) is 0 Å². The van der Waals surface area contributed by atoms with Crippen molar-refractivity contribution in [1.82, 2.24) is 14.9 Å². The van der Waals surface area contributed by atoms with Crippen molar-refractivity contribution in [2.75, 3.05) is 12.3 Å². The fourth-order valence-corrected chi connectivity index (χ4v) is 2.99. The van der Waals surface area contributed by atoms with Gasteiger partial charge in [0, 0.05) is 13.0 Å². The van der Waals surface area contributed by atoms with Crippen molar-refractivity contribution in [2.45, 2.75) is 25.8 Å². The van der Waals surface area contributed by atoms with Crippen LogP contribution in [-0.4, -0.2) is 27.3 Å². The van der Waals surface area contributed by atoms with E-state index in [-0.39, 0.29) is 5.91 Å². The third-order valence-corrected chi connectivity index (χ3v) is 3.96. The van der Waals surface area contributed by atoms with E-state index < -0.39 is 0 Å². The van der Waals surface area contributed by atoms with E-state index in [4.69, 9.17) is 5.73 Å². The number of fused-ring (bicyclic) bond motifs is 1. The molecule has 0 aliphatic carbocycles. The van der Waals surface area contributed by atoms with Crippen molar-refractivity contribution in [3.8, 4) is 0 Å². The molecule has 18 heavy (non-hydrogen) atoms. The number of carbonyl (C=O) groups excluding carboxylic acids is 1. The number of rotatable bonds is 2. The number of hydrogen-bond acceptors (Lipinski definition) is 5. The van der Waals surface area contributed by atoms with Crippen molar-refractivity contribution in [3.63, 3.8) is 0 Å². The summed E-state index contributed by atoms with van der Waals surface area (Å²) in [5.41, 5.74) is 5.89. The number of amides is 1. The first-order chi connectivity index (χ1) is 8.74. The molecule has 2 N–H and O–H groups in total. The summed E-state index contributed by atoms with van der Waals surface area (Å²) in [5.74, 6) is 1.33.